The van der Waals surface area contributed by atoms with Gasteiger partial charge in [-0.15, -0.1) is 17.9 Å². The van der Waals surface area contributed by atoms with Crippen molar-refractivity contribution in [1.82, 2.24) is 0 Å². The topological polar surface area (TPSA) is 46.2 Å². The number of hydrogen-bond acceptors (Lipinski definition) is 4. The van der Waals surface area contributed by atoms with E-state index in [0.29, 0.717) is 26.2 Å². The number of halogens is 2. The highest BCUT2D eigenvalue weighted by atomic mass is 35.5. The number of hydrogen-bond donors (Lipinski definition) is 1. The van der Waals surface area contributed by atoms with Gasteiger partial charge in [0.15, 0.2) is 5.78 Å². The van der Waals surface area contributed by atoms with Gasteiger partial charge in [-0.2, -0.15) is 11.3 Å². The zero-order valence-electron chi connectivity index (χ0n) is 16.7. The molecule has 0 saturated carbocycles. The van der Waals surface area contributed by atoms with E-state index in [1.165, 1.54) is 29.6 Å². The molecular weight excluding hydrogens is 445 g/mol. The lowest BCUT2D eigenvalue weighted by Crippen LogP contribution is -2.12. The quantitative estimate of drug-likeness (QED) is 0.308. The summed E-state index contributed by atoms with van der Waals surface area (Å²) >= 11 is 14.8. The third-order valence-corrected chi connectivity index (χ3v) is 5.70. The van der Waals surface area contributed by atoms with Crippen LogP contribution in [-0.4, -0.2) is 11.7 Å². The average Bonchev–Trinajstić information content (AvgIpc) is 3.36. The smallest absolute Gasteiger partial charge is 0.257 e. The Morgan fingerprint density at radius 2 is 1.76 bits per heavy atom. The Hall–Kier alpha value is -1.92. The number of carbonyl (C=O) groups excluding carboxylic acids is 2. The predicted octanol–water partition coefficient (Wildman–Crippen LogP) is 8.46. The fourth-order valence-corrected chi connectivity index (χ4v) is 4.19. The van der Waals surface area contributed by atoms with E-state index in [9.17, 15) is 9.59 Å². The van der Waals surface area contributed by atoms with Gasteiger partial charge in [-0.05, 0) is 43.0 Å². The number of ketones is 1. The summed E-state index contributed by atoms with van der Waals surface area (Å²) in [7, 11) is 0. The van der Waals surface area contributed by atoms with E-state index in [0.717, 1.165) is 11.1 Å². The third-order valence-electron chi connectivity index (χ3n) is 3.38. The minimum Gasteiger partial charge on any atom is -0.313 e. The monoisotopic (exact) mass is 467 g/mol. The van der Waals surface area contributed by atoms with E-state index < -0.39 is 0 Å². The van der Waals surface area contributed by atoms with Gasteiger partial charge < -0.3 is 5.32 Å². The van der Waals surface area contributed by atoms with Crippen LogP contribution in [0.25, 0.3) is 11.1 Å². The van der Waals surface area contributed by atoms with Crippen LogP contribution >= 0.6 is 45.9 Å². The molecule has 3 nitrogen and oxygen atoms in total. The summed E-state index contributed by atoms with van der Waals surface area (Å²) in [4.78, 5) is 24.4. The number of Topliss-reactive ketones (excluding diaryl/α,β-unsaturated/α-hetero) is 1. The van der Waals surface area contributed by atoms with Gasteiger partial charge in [0.05, 0.1) is 21.2 Å². The average molecular weight is 468 g/mol. The van der Waals surface area contributed by atoms with Gasteiger partial charge in [0.1, 0.15) is 5.00 Å². The zero-order valence-corrected chi connectivity index (χ0v) is 19.9. The highest BCUT2D eigenvalue weighted by Gasteiger charge is 2.20. The Kier molecular flexibility index (Phi) is 10.9. The van der Waals surface area contributed by atoms with Crippen LogP contribution in [0.1, 0.15) is 48.4 Å². The predicted molar refractivity (Wildman–Crippen MR) is 129 cm³/mol. The van der Waals surface area contributed by atoms with Crippen LogP contribution < -0.4 is 5.32 Å². The summed E-state index contributed by atoms with van der Waals surface area (Å²) in [5, 5.41) is 9.63. The number of thiophene rings is 2. The summed E-state index contributed by atoms with van der Waals surface area (Å²) in [5.41, 5.74) is 2.55. The van der Waals surface area contributed by atoms with E-state index in [4.69, 9.17) is 23.2 Å². The molecule has 0 aliphatic heterocycles. The lowest BCUT2D eigenvalue weighted by atomic mass is 10.0. The second-order valence-electron chi connectivity index (χ2n) is 5.41. The number of anilines is 1. The van der Waals surface area contributed by atoms with Crippen molar-refractivity contribution < 1.29 is 9.59 Å². The van der Waals surface area contributed by atoms with Crippen molar-refractivity contribution in [1.29, 1.82) is 0 Å². The van der Waals surface area contributed by atoms with E-state index >= 15 is 0 Å². The van der Waals surface area contributed by atoms with Gasteiger partial charge in [-0.1, -0.05) is 49.2 Å². The minimum absolute atomic E-state index is 0.127. The molecule has 0 radical (unpaired) electrons. The Morgan fingerprint density at radius 3 is 2.28 bits per heavy atom. The highest BCUT2D eigenvalue weighted by Crippen LogP contribution is 2.38. The fourth-order valence-electron chi connectivity index (χ4n) is 2.24. The maximum Gasteiger partial charge on any atom is 0.257 e. The second kappa shape index (κ2) is 12.6. The molecule has 0 bridgehead atoms. The number of amides is 1. The molecule has 3 rings (SSSR count). The van der Waals surface area contributed by atoms with Crippen LogP contribution in [-0.2, 0) is 0 Å². The number of allylic oxidation sites excluding steroid dienone is 1. The largest absolute Gasteiger partial charge is 0.313 e. The first-order valence-corrected chi connectivity index (χ1v) is 11.4. The SMILES string of the molecule is C=CC.CC.CC(=O)c1c(-c2ccc(Cl)c(Cl)c2)csc1NC(=O)c1ccsc1. The molecule has 0 aliphatic carbocycles. The van der Waals surface area contributed by atoms with Gasteiger partial charge in [0, 0.05) is 16.3 Å². The van der Waals surface area contributed by atoms with Gasteiger partial charge >= 0.3 is 0 Å². The van der Waals surface area contributed by atoms with Crippen molar-refractivity contribution in [2.24, 2.45) is 0 Å². The standard InChI is InChI=1S/C17H11Cl2NO2S2.C3H6.C2H6/c1-9(21)15-12(10-2-3-13(18)14(19)6-10)8-24-17(15)20-16(22)11-4-5-23-7-11;1-3-2;1-2/h2-8H,1H3,(H,20,22);3H,1H2,2H3;1-2H3. The molecule has 0 aliphatic rings. The molecule has 29 heavy (non-hydrogen) atoms. The lowest BCUT2D eigenvalue weighted by Gasteiger charge is -2.07. The Bertz CT molecular complexity index is 963. The van der Waals surface area contributed by atoms with E-state index in [1.807, 2.05) is 31.5 Å². The summed E-state index contributed by atoms with van der Waals surface area (Å²) in [6.45, 7) is 10.7. The molecule has 7 heteroatoms. The first-order valence-electron chi connectivity index (χ1n) is 8.87. The number of benzene rings is 1. The summed E-state index contributed by atoms with van der Waals surface area (Å²) in [6, 6.07) is 6.93. The molecule has 154 valence electrons. The molecule has 0 atom stereocenters. The molecule has 0 unspecified atom stereocenters. The van der Waals surface area contributed by atoms with Crippen molar-refractivity contribution in [3.05, 3.63) is 74.2 Å². The van der Waals surface area contributed by atoms with Crippen molar-refractivity contribution in [3.63, 3.8) is 0 Å². The van der Waals surface area contributed by atoms with Crippen LogP contribution in [0.2, 0.25) is 10.0 Å². The maximum atomic E-state index is 12.2. The first kappa shape index (κ1) is 25.1. The third kappa shape index (κ3) is 6.82. The molecule has 0 spiro atoms. The highest BCUT2D eigenvalue weighted by molar-refractivity contribution is 7.15. The van der Waals surface area contributed by atoms with Crippen LogP contribution in [0.15, 0.2) is 53.1 Å². The maximum absolute atomic E-state index is 12.2. The summed E-state index contributed by atoms with van der Waals surface area (Å²) < 4.78 is 0. The first-order chi connectivity index (χ1) is 13.9. The van der Waals surface area contributed by atoms with Crippen molar-refractivity contribution >= 4 is 62.6 Å². The number of carbonyl (C=O) groups is 2. The molecule has 1 amide bonds. The molecule has 1 aromatic carbocycles. The number of rotatable bonds is 4. The molecule has 1 N–H and O–H groups in total. The normalized spacial score (nSPS) is 9.45. The Balaban J connectivity index is 0.000000771. The van der Waals surface area contributed by atoms with E-state index in [2.05, 4.69) is 11.9 Å². The van der Waals surface area contributed by atoms with Gasteiger partial charge in [0.25, 0.3) is 5.91 Å². The van der Waals surface area contributed by atoms with Crippen molar-refractivity contribution in [2.75, 3.05) is 5.32 Å². The van der Waals surface area contributed by atoms with Crippen LogP contribution in [0.4, 0.5) is 5.00 Å². The van der Waals surface area contributed by atoms with Gasteiger partial charge in [-0.3, -0.25) is 9.59 Å². The summed E-state index contributed by atoms with van der Waals surface area (Å²) in [6.07, 6.45) is 1.75. The van der Waals surface area contributed by atoms with Crippen LogP contribution in [0, 0.1) is 0 Å². The molecule has 2 aromatic heterocycles. The molecule has 0 saturated heterocycles. The molecule has 2 heterocycles. The Morgan fingerprint density at radius 1 is 1.10 bits per heavy atom. The van der Waals surface area contributed by atoms with Gasteiger partial charge in [0.2, 0.25) is 0 Å². The minimum atomic E-state index is -0.235. The van der Waals surface area contributed by atoms with Crippen LogP contribution in [0.5, 0.6) is 0 Å². The zero-order chi connectivity index (χ0) is 22.0. The fraction of sp³-hybridized carbons (Fsp3) is 0.182. The molecular formula is C22H23Cl2NO2S2. The molecule has 0 fully saturated rings. The summed E-state index contributed by atoms with van der Waals surface area (Å²) in [5.74, 6) is -0.362. The second-order valence-corrected chi connectivity index (χ2v) is 7.89. The van der Waals surface area contributed by atoms with Gasteiger partial charge in [-0.25, -0.2) is 0 Å². The number of nitrogens with one attached hydrogen (secondary N) is 1. The van der Waals surface area contributed by atoms with E-state index in [1.54, 1.807) is 35.7 Å². The van der Waals surface area contributed by atoms with Crippen LogP contribution in [0.3, 0.4) is 0 Å². The Labute approximate surface area is 190 Å². The lowest BCUT2D eigenvalue weighted by molar-refractivity contribution is 0.101. The van der Waals surface area contributed by atoms with Crippen molar-refractivity contribution in [3.8, 4) is 11.1 Å². The van der Waals surface area contributed by atoms with E-state index in [-0.39, 0.29) is 11.7 Å². The van der Waals surface area contributed by atoms with Crippen molar-refractivity contribution in [2.45, 2.75) is 27.7 Å². The molecule has 3 aromatic rings.